The Hall–Kier alpha value is -3.50. The summed E-state index contributed by atoms with van der Waals surface area (Å²) in [5, 5.41) is 12.9. The summed E-state index contributed by atoms with van der Waals surface area (Å²) in [6.45, 7) is 4.24. The molecule has 4 heterocycles. The number of hydrogen-bond donors (Lipinski definition) is 2. The molecule has 3 aromatic rings. The van der Waals surface area contributed by atoms with Crippen LogP contribution in [0, 0.1) is 11.6 Å². The van der Waals surface area contributed by atoms with Crippen molar-refractivity contribution in [1.29, 1.82) is 0 Å². The van der Waals surface area contributed by atoms with Crippen LogP contribution in [0.2, 0.25) is 5.02 Å². The lowest BCUT2D eigenvalue weighted by Gasteiger charge is -2.28. The highest BCUT2D eigenvalue weighted by atomic mass is 35.5. The Morgan fingerprint density at radius 1 is 1.30 bits per heavy atom. The summed E-state index contributed by atoms with van der Waals surface area (Å²) in [5.74, 6) is -1.40. The van der Waals surface area contributed by atoms with Gasteiger partial charge >= 0.3 is 5.97 Å². The Labute approximate surface area is 216 Å². The highest BCUT2D eigenvalue weighted by Crippen LogP contribution is 2.48. The first-order valence-electron chi connectivity index (χ1n) is 11.9. The Bertz CT molecular complexity index is 1450. The van der Waals surface area contributed by atoms with Crippen LogP contribution >= 0.6 is 11.6 Å². The van der Waals surface area contributed by atoms with Gasteiger partial charge in [-0.1, -0.05) is 18.5 Å². The summed E-state index contributed by atoms with van der Waals surface area (Å²) < 4.78 is 34.4. The third-order valence-corrected chi connectivity index (χ3v) is 7.58. The van der Waals surface area contributed by atoms with Crippen LogP contribution in [0.4, 0.5) is 31.9 Å². The summed E-state index contributed by atoms with van der Waals surface area (Å²) in [6.07, 6.45) is 1.15. The molecule has 0 amide bonds. The average Bonchev–Trinajstić information content (AvgIpc) is 3.34. The standard InChI is InChI=1S/C26H24ClF2N5O3/c1-26(7-22(35)36)12-34(20-6-19(29)18(28)5-16(20)26)24-17(27)8-30-25(32-24)31-15-3-13-9-33(2)10-14-11-37-21(4-15)23(13)14/h3-6,8,14H,7,9-12H2,1-2H3,(H,35,36)(H,30,31,32). The van der Waals surface area contributed by atoms with Crippen molar-refractivity contribution >= 4 is 40.7 Å². The van der Waals surface area contributed by atoms with E-state index in [9.17, 15) is 18.7 Å². The summed E-state index contributed by atoms with van der Waals surface area (Å²) in [5.41, 5.74) is 2.90. The molecule has 0 fully saturated rings. The molecular formula is C26H24ClF2N5O3. The third-order valence-electron chi connectivity index (χ3n) is 7.31. The van der Waals surface area contributed by atoms with E-state index in [1.165, 1.54) is 17.3 Å². The largest absolute Gasteiger partial charge is 0.493 e. The van der Waals surface area contributed by atoms with Crippen molar-refractivity contribution in [2.75, 3.05) is 37.0 Å². The number of aliphatic carboxylic acids is 1. The van der Waals surface area contributed by atoms with E-state index in [0.29, 0.717) is 23.8 Å². The number of halogens is 3. The van der Waals surface area contributed by atoms with Gasteiger partial charge in [-0.3, -0.25) is 4.79 Å². The van der Waals surface area contributed by atoms with Gasteiger partial charge in [0.15, 0.2) is 17.5 Å². The molecule has 0 spiro atoms. The van der Waals surface area contributed by atoms with Crippen molar-refractivity contribution in [3.63, 3.8) is 0 Å². The zero-order chi connectivity index (χ0) is 26.1. The van der Waals surface area contributed by atoms with Crippen LogP contribution in [0.1, 0.15) is 36.0 Å². The topological polar surface area (TPSA) is 90.8 Å². The molecule has 0 radical (unpaired) electrons. The average molecular weight is 528 g/mol. The second-order valence-corrected chi connectivity index (χ2v) is 10.6. The molecule has 37 heavy (non-hydrogen) atoms. The molecule has 11 heteroatoms. The summed E-state index contributed by atoms with van der Waals surface area (Å²) in [4.78, 5) is 24.4. The number of likely N-dealkylation sites (N-methyl/N-ethyl adjacent to an activating group) is 1. The minimum atomic E-state index is -1.05. The van der Waals surface area contributed by atoms with Gasteiger partial charge in [0.1, 0.15) is 10.8 Å². The highest BCUT2D eigenvalue weighted by molar-refractivity contribution is 6.33. The molecule has 0 saturated carbocycles. The molecule has 2 N–H and O–H groups in total. The van der Waals surface area contributed by atoms with Gasteiger partial charge in [-0.05, 0) is 30.3 Å². The van der Waals surface area contributed by atoms with E-state index in [1.807, 2.05) is 6.07 Å². The van der Waals surface area contributed by atoms with Crippen LogP contribution in [0.25, 0.3) is 0 Å². The number of nitrogens with zero attached hydrogens (tertiary/aromatic N) is 4. The molecule has 0 bridgehead atoms. The number of rotatable bonds is 5. The molecule has 0 saturated heterocycles. The Kier molecular flexibility index (Phi) is 5.50. The number of carboxylic acid groups (broad SMARTS) is 1. The van der Waals surface area contributed by atoms with Crippen molar-refractivity contribution in [1.82, 2.24) is 14.9 Å². The van der Waals surface area contributed by atoms with Crippen LogP contribution in [0.5, 0.6) is 5.75 Å². The number of ether oxygens (including phenoxy) is 1. The van der Waals surface area contributed by atoms with Gasteiger partial charge in [-0.15, -0.1) is 0 Å². The third kappa shape index (κ3) is 4.04. The van der Waals surface area contributed by atoms with Crippen LogP contribution in [0.3, 0.4) is 0 Å². The molecule has 2 aromatic carbocycles. The molecule has 6 rings (SSSR count). The summed E-state index contributed by atoms with van der Waals surface area (Å²) in [7, 11) is 2.08. The molecule has 2 atom stereocenters. The molecule has 8 nitrogen and oxygen atoms in total. The second kappa shape index (κ2) is 8.53. The Balaban J connectivity index is 1.37. The minimum Gasteiger partial charge on any atom is -0.493 e. The van der Waals surface area contributed by atoms with Crippen molar-refractivity contribution in [3.8, 4) is 5.75 Å². The first-order chi connectivity index (χ1) is 17.6. The SMILES string of the molecule is CN1Cc2cc(Nc3ncc(Cl)c(N4CC(C)(CC(=O)O)c5cc(F)c(F)cc54)n3)cc3c2C(CO3)C1. The number of aromatic nitrogens is 2. The zero-order valence-electron chi connectivity index (χ0n) is 20.2. The lowest BCUT2D eigenvalue weighted by Crippen LogP contribution is -2.31. The molecule has 192 valence electrons. The Morgan fingerprint density at radius 2 is 2.08 bits per heavy atom. The normalized spacial score (nSPS) is 22.0. The smallest absolute Gasteiger partial charge is 0.304 e. The first kappa shape index (κ1) is 23.9. The van der Waals surface area contributed by atoms with Crippen molar-refractivity contribution in [2.45, 2.75) is 31.2 Å². The molecular weight excluding hydrogens is 504 g/mol. The molecule has 0 aliphatic carbocycles. The van der Waals surface area contributed by atoms with Crippen LogP contribution < -0.4 is 15.0 Å². The number of carbonyl (C=O) groups is 1. The van der Waals surface area contributed by atoms with Crippen LogP contribution in [-0.4, -0.2) is 52.7 Å². The predicted octanol–water partition coefficient (Wildman–Crippen LogP) is 4.96. The van der Waals surface area contributed by atoms with E-state index in [4.69, 9.17) is 16.3 Å². The van der Waals surface area contributed by atoms with E-state index in [1.54, 1.807) is 11.8 Å². The van der Waals surface area contributed by atoms with Gasteiger partial charge in [0.2, 0.25) is 5.95 Å². The fourth-order valence-corrected chi connectivity index (χ4v) is 5.99. The van der Waals surface area contributed by atoms with Crippen LogP contribution in [0.15, 0.2) is 30.5 Å². The molecule has 1 aromatic heterocycles. The molecule has 2 unspecified atom stereocenters. The van der Waals surface area contributed by atoms with Crippen molar-refractivity contribution in [2.24, 2.45) is 0 Å². The molecule has 3 aliphatic heterocycles. The fraction of sp³-hybridized carbons (Fsp3) is 0.346. The van der Waals surface area contributed by atoms with E-state index in [0.717, 1.165) is 36.7 Å². The summed E-state index contributed by atoms with van der Waals surface area (Å²) in [6, 6.07) is 6.09. The van der Waals surface area contributed by atoms with E-state index < -0.39 is 23.0 Å². The van der Waals surface area contributed by atoms with Gasteiger partial charge in [0, 0.05) is 60.0 Å². The zero-order valence-corrected chi connectivity index (χ0v) is 20.9. The lowest BCUT2D eigenvalue weighted by atomic mass is 9.81. The van der Waals surface area contributed by atoms with Gasteiger partial charge in [-0.2, -0.15) is 4.98 Å². The number of nitrogens with one attached hydrogen (secondary N) is 1. The number of hydrogen-bond acceptors (Lipinski definition) is 7. The number of carboxylic acids is 1. The number of anilines is 4. The predicted molar refractivity (Wildman–Crippen MR) is 134 cm³/mol. The number of fused-ring (bicyclic) bond motifs is 1. The first-order valence-corrected chi connectivity index (χ1v) is 12.3. The number of benzene rings is 2. The highest BCUT2D eigenvalue weighted by Gasteiger charge is 2.43. The van der Waals surface area contributed by atoms with E-state index in [-0.39, 0.29) is 29.8 Å². The lowest BCUT2D eigenvalue weighted by molar-refractivity contribution is -0.138. The summed E-state index contributed by atoms with van der Waals surface area (Å²) >= 11 is 6.48. The van der Waals surface area contributed by atoms with Gasteiger partial charge in [-0.25, -0.2) is 13.8 Å². The fourth-order valence-electron chi connectivity index (χ4n) is 5.79. The quantitative estimate of drug-likeness (QED) is 0.481. The van der Waals surface area contributed by atoms with Crippen molar-refractivity contribution in [3.05, 3.63) is 63.8 Å². The monoisotopic (exact) mass is 527 g/mol. The maximum atomic E-state index is 14.3. The maximum Gasteiger partial charge on any atom is 0.304 e. The molecule has 3 aliphatic rings. The Morgan fingerprint density at radius 3 is 2.86 bits per heavy atom. The van der Waals surface area contributed by atoms with Crippen molar-refractivity contribution < 1.29 is 23.4 Å². The van der Waals surface area contributed by atoms with E-state index >= 15 is 0 Å². The maximum absolute atomic E-state index is 14.3. The van der Waals surface area contributed by atoms with Gasteiger partial charge < -0.3 is 25.0 Å². The minimum absolute atomic E-state index is 0.123. The van der Waals surface area contributed by atoms with Gasteiger partial charge in [0.05, 0.1) is 19.2 Å². The van der Waals surface area contributed by atoms with Gasteiger partial charge in [0.25, 0.3) is 0 Å². The van der Waals surface area contributed by atoms with E-state index in [2.05, 4.69) is 33.3 Å². The second-order valence-electron chi connectivity index (χ2n) is 10.2. The van der Waals surface area contributed by atoms with Crippen LogP contribution in [-0.2, 0) is 16.8 Å².